The molecule has 1 fully saturated rings. The Hall–Kier alpha value is -1.02. The normalized spacial score (nSPS) is 16.9. The second kappa shape index (κ2) is 4.01. The van der Waals surface area contributed by atoms with Crippen molar-refractivity contribution >= 4 is 5.69 Å². The van der Waals surface area contributed by atoms with Gasteiger partial charge in [-0.1, -0.05) is 19.1 Å². The third kappa shape index (κ3) is 1.90. The van der Waals surface area contributed by atoms with E-state index in [4.69, 9.17) is 0 Å². The summed E-state index contributed by atoms with van der Waals surface area (Å²) in [7, 11) is 1.98. The van der Waals surface area contributed by atoms with Crippen molar-refractivity contribution in [1.29, 1.82) is 0 Å². The van der Waals surface area contributed by atoms with Crippen LogP contribution in [-0.2, 0) is 6.54 Å². The van der Waals surface area contributed by atoms with Crippen LogP contribution in [0.3, 0.4) is 0 Å². The Morgan fingerprint density at radius 3 is 2.86 bits per heavy atom. The van der Waals surface area contributed by atoms with Gasteiger partial charge in [0.2, 0.25) is 0 Å². The fourth-order valence-electron chi connectivity index (χ4n) is 1.98. The van der Waals surface area contributed by atoms with Gasteiger partial charge >= 0.3 is 0 Å². The van der Waals surface area contributed by atoms with Crippen LogP contribution in [0.25, 0.3) is 0 Å². The van der Waals surface area contributed by atoms with E-state index in [-0.39, 0.29) is 0 Å². The summed E-state index contributed by atoms with van der Waals surface area (Å²) in [5, 5.41) is 3.18. The molecule has 2 rings (SSSR count). The monoisotopic (exact) mass is 190 g/mol. The van der Waals surface area contributed by atoms with Gasteiger partial charge in [-0.2, -0.15) is 0 Å². The van der Waals surface area contributed by atoms with Crippen LogP contribution < -0.4 is 10.2 Å². The van der Waals surface area contributed by atoms with Crippen molar-refractivity contribution in [2.24, 2.45) is 5.92 Å². The smallest absolute Gasteiger partial charge is 0.0369 e. The molecule has 0 spiro atoms. The Morgan fingerprint density at radius 2 is 2.21 bits per heavy atom. The van der Waals surface area contributed by atoms with Gasteiger partial charge in [-0.3, -0.25) is 0 Å². The van der Waals surface area contributed by atoms with Crippen molar-refractivity contribution < 1.29 is 0 Å². The van der Waals surface area contributed by atoms with Gasteiger partial charge in [0.25, 0.3) is 0 Å². The van der Waals surface area contributed by atoms with Crippen LogP contribution >= 0.6 is 0 Å². The van der Waals surface area contributed by atoms with Crippen molar-refractivity contribution in [3.8, 4) is 0 Å². The average Bonchev–Trinajstić information content (AvgIpc) is 2.14. The molecule has 1 aromatic rings. The van der Waals surface area contributed by atoms with Crippen LogP contribution in [0.5, 0.6) is 0 Å². The van der Waals surface area contributed by atoms with E-state index in [2.05, 4.69) is 41.4 Å². The van der Waals surface area contributed by atoms with Crippen LogP contribution in [0.4, 0.5) is 5.69 Å². The third-order valence-electron chi connectivity index (χ3n) is 2.72. The second-order valence-electron chi connectivity index (χ2n) is 4.21. The van der Waals surface area contributed by atoms with E-state index in [1.165, 1.54) is 24.3 Å². The van der Waals surface area contributed by atoms with Crippen molar-refractivity contribution in [2.75, 3.05) is 25.0 Å². The Kier molecular flexibility index (Phi) is 2.73. The minimum absolute atomic E-state index is 0.864. The van der Waals surface area contributed by atoms with Gasteiger partial charge in [0, 0.05) is 25.3 Å². The molecule has 76 valence electrons. The van der Waals surface area contributed by atoms with Crippen molar-refractivity contribution in [2.45, 2.75) is 13.5 Å². The Bertz CT molecular complexity index is 303. The first-order chi connectivity index (χ1) is 6.79. The number of nitrogens with one attached hydrogen (secondary N) is 1. The SMILES string of the molecule is CNCc1cccc(N2CC(C)C2)c1. The van der Waals surface area contributed by atoms with Crippen molar-refractivity contribution in [3.63, 3.8) is 0 Å². The van der Waals surface area contributed by atoms with Crippen molar-refractivity contribution in [1.82, 2.24) is 5.32 Å². The molecule has 1 N–H and O–H groups in total. The molecule has 0 saturated carbocycles. The molecular weight excluding hydrogens is 172 g/mol. The topological polar surface area (TPSA) is 15.3 Å². The third-order valence-corrected chi connectivity index (χ3v) is 2.72. The van der Waals surface area contributed by atoms with Crippen LogP contribution in [0.2, 0.25) is 0 Å². The van der Waals surface area contributed by atoms with Gasteiger partial charge in [0.05, 0.1) is 0 Å². The van der Waals surface area contributed by atoms with Gasteiger partial charge in [0.1, 0.15) is 0 Å². The van der Waals surface area contributed by atoms with Gasteiger partial charge in [-0.25, -0.2) is 0 Å². The molecule has 0 unspecified atom stereocenters. The Balaban J connectivity index is 2.06. The lowest BCUT2D eigenvalue weighted by molar-refractivity contribution is 0.447. The minimum Gasteiger partial charge on any atom is -0.371 e. The summed E-state index contributed by atoms with van der Waals surface area (Å²) in [5.74, 6) is 0.864. The van der Waals surface area contributed by atoms with Gasteiger partial charge in [-0.15, -0.1) is 0 Å². The second-order valence-corrected chi connectivity index (χ2v) is 4.21. The van der Waals surface area contributed by atoms with E-state index in [0.29, 0.717) is 0 Å². The predicted octanol–water partition coefficient (Wildman–Crippen LogP) is 1.86. The van der Waals surface area contributed by atoms with Crippen LogP contribution in [0.1, 0.15) is 12.5 Å². The lowest BCUT2D eigenvalue weighted by Gasteiger charge is -2.39. The number of anilines is 1. The summed E-state index contributed by atoms with van der Waals surface area (Å²) < 4.78 is 0. The molecule has 1 aromatic carbocycles. The molecular formula is C12H18N2. The number of rotatable bonds is 3. The molecule has 0 bridgehead atoms. The molecule has 0 aliphatic carbocycles. The molecule has 0 amide bonds. The molecule has 2 nitrogen and oxygen atoms in total. The first-order valence-electron chi connectivity index (χ1n) is 5.28. The fraction of sp³-hybridized carbons (Fsp3) is 0.500. The Labute approximate surface area is 85.9 Å². The molecule has 1 heterocycles. The number of nitrogens with zero attached hydrogens (tertiary/aromatic N) is 1. The molecule has 14 heavy (non-hydrogen) atoms. The molecule has 1 saturated heterocycles. The first-order valence-corrected chi connectivity index (χ1v) is 5.28. The quantitative estimate of drug-likeness (QED) is 0.782. The van der Waals surface area contributed by atoms with Gasteiger partial charge in [0.15, 0.2) is 0 Å². The van der Waals surface area contributed by atoms with Gasteiger partial charge in [-0.05, 0) is 30.7 Å². The molecule has 0 radical (unpaired) electrons. The largest absolute Gasteiger partial charge is 0.371 e. The number of hydrogen-bond acceptors (Lipinski definition) is 2. The maximum Gasteiger partial charge on any atom is 0.0369 e. The van der Waals surface area contributed by atoms with E-state index >= 15 is 0 Å². The average molecular weight is 190 g/mol. The summed E-state index contributed by atoms with van der Waals surface area (Å²) in [4.78, 5) is 2.43. The van der Waals surface area contributed by atoms with E-state index in [1.807, 2.05) is 7.05 Å². The highest BCUT2D eigenvalue weighted by molar-refractivity contribution is 5.50. The lowest BCUT2D eigenvalue weighted by atomic mass is 10.0. The standard InChI is InChI=1S/C12H18N2/c1-10-8-14(9-10)12-5-3-4-11(6-12)7-13-2/h3-6,10,13H,7-9H2,1-2H3. The summed E-state index contributed by atoms with van der Waals surface area (Å²) >= 11 is 0. The first kappa shape index (κ1) is 9.53. The zero-order valence-corrected chi connectivity index (χ0v) is 8.96. The van der Waals surface area contributed by atoms with Gasteiger partial charge < -0.3 is 10.2 Å². The van der Waals surface area contributed by atoms with E-state index in [0.717, 1.165) is 12.5 Å². The highest BCUT2D eigenvalue weighted by Gasteiger charge is 2.22. The predicted molar refractivity (Wildman–Crippen MR) is 60.6 cm³/mol. The molecule has 0 atom stereocenters. The van der Waals surface area contributed by atoms with E-state index in [9.17, 15) is 0 Å². The lowest BCUT2D eigenvalue weighted by Crippen LogP contribution is -2.45. The van der Waals surface area contributed by atoms with Crippen LogP contribution in [-0.4, -0.2) is 20.1 Å². The summed E-state index contributed by atoms with van der Waals surface area (Å²) in [5.41, 5.74) is 2.74. The minimum atomic E-state index is 0.864. The molecule has 0 aromatic heterocycles. The van der Waals surface area contributed by atoms with Crippen LogP contribution in [0.15, 0.2) is 24.3 Å². The zero-order valence-electron chi connectivity index (χ0n) is 8.96. The summed E-state index contributed by atoms with van der Waals surface area (Å²) in [6, 6.07) is 8.79. The highest BCUT2D eigenvalue weighted by atomic mass is 15.2. The van der Waals surface area contributed by atoms with E-state index in [1.54, 1.807) is 0 Å². The number of benzene rings is 1. The zero-order chi connectivity index (χ0) is 9.97. The maximum atomic E-state index is 3.18. The summed E-state index contributed by atoms with van der Waals surface area (Å²) in [6.07, 6.45) is 0. The van der Waals surface area contributed by atoms with E-state index < -0.39 is 0 Å². The molecule has 1 aliphatic heterocycles. The molecule has 1 aliphatic rings. The highest BCUT2D eigenvalue weighted by Crippen LogP contribution is 2.24. The fourth-order valence-corrected chi connectivity index (χ4v) is 1.98. The van der Waals surface area contributed by atoms with Crippen LogP contribution in [0, 0.1) is 5.92 Å². The number of hydrogen-bond donors (Lipinski definition) is 1. The van der Waals surface area contributed by atoms with Crippen molar-refractivity contribution in [3.05, 3.63) is 29.8 Å². The summed E-state index contributed by atoms with van der Waals surface area (Å²) in [6.45, 7) is 5.68. The maximum absolute atomic E-state index is 3.18. The Morgan fingerprint density at radius 1 is 1.43 bits per heavy atom. The molecule has 2 heteroatoms.